The van der Waals surface area contributed by atoms with E-state index in [2.05, 4.69) is 11.2 Å². The third-order valence-corrected chi connectivity index (χ3v) is 2.25. The lowest BCUT2D eigenvalue weighted by Gasteiger charge is -2.18. The maximum absolute atomic E-state index is 8.97. The van der Waals surface area contributed by atoms with Gasteiger partial charge in [-0.2, -0.15) is 0 Å². The summed E-state index contributed by atoms with van der Waals surface area (Å²) in [6, 6.07) is 0.129. The van der Waals surface area contributed by atoms with Crippen LogP contribution >= 0.6 is 0 Å². The molecule has 0 heterocycles. The van der Waals surface area contributed by atoms with Crippen LogP contribution in [0, 0.1) is 12.3 Å². The van der Waals surface area contributed by atoms with Gasteiger partial charge in [0.2, 0.25) is 0 Å². The van der Waals surface area contributed by atoms with Crippen molar-refractivity contribution in [3.63, 3.8) is 0 Å². The van der Waals surface area contributed by atoms with E-state index in [1.807, 2.05) is 6.92 Å². The average molecular weight is 153 g/mol. The maximum atomic E-state index is 8.97. The summed E-state index contributed by atoms with van der Waals surface area (Å²) in [5, 5.41) is 12.2. The van der Waals surface area contributed by atoms with Crippen LogP contribution in [0.2, 0.25) is 0 Å². The molecular weight excluding hydrogens is 138 g/mol. The maximum Gasteiger partial charge on any atom is 0.0689 e. The molecule has 2 nitrogen and oxygen atoms in total. The summed E-state index contributed by atoms with van der Waals surface area (Å²) in [5.41, 5.74) is -0.0208. The zero-order valence-electron chi connectivity index (χ0n) is 6.93. The molecule has 0 aromatic heterocycles. The summed E-state index contributed by atoms with van der Waals surface area (Å²) in [7, 11) is 0. The molecule has 2 N–H and O–H groups in total. The number of hydrogen-bond donors (Lipinski definition) is 2. The summed E-state index contributed by atoms with van der Waals surface area (Å²) in [6.45, 7) is 2.26. The zero-order chi connectivity index (χ0) is 8.32. The number of nitrogens with one attached hydrogen (secondary N) is 1. The molecule has 1 aliphatic rings. The third kappa shape index (κ3) is 1.95. The number of rotatable bonds is 4. The summed E-state index contributed by atoms with van der Waals surface area (Å²) >= 11 is 0. The van der Waals surface area contributed by atoms with Crippen molar-refractivity contribution in [3.05, 3.63) is 0 Å². The Labute approximate surface area is 68.0 Å². The highest BCUT2D eigenvalue weighted by molar-refractivity contribution is 5.09. The first-order chi connectivity index (χ1) is 5.26. The van der Waals surface area contributed by atoms with Gasteiger partial charge in [-0.15, -0.1) is 6.42 Å². The van der Waals surface area contributed by atoms with Crippen LogP contribution in [0.5, 0.6) is 0 Å². The quantitative estimate of drug-likeness (QED) is 0.577. The lowest BCUT2D eigenvalue weighted by molar-refractivity contribution is 0.224. The van der Waals surface area contributed by atoms with Gasteiger partial charge in [-0.3, -0.25) is 5.32 Å². The minimum atomic E-state index is -0.0208. The fourth-order valence-corrected chi connectivity index (χ4v) is 1.13. The molecule has 0 amide bonds. The molecule has 1 saturated carbocycles. The Hall–Kier alpha value is -0.520. The molecule has 0 radical (unpaired) electrons. The van der Waals surface area contributed by atoms with Gasteiger partial charge in [-0.1, -0.05) is 12.8 Å². The van der Waals surface area contributed by atoms with Crippen LogP contribution in [-0.2, 0) is 0 Å². The van der Waals surface area contributed by atoms with E-state index in [0.29, 0.717) is 0 Å². The summed E-state index contributed by atoms with van der Waals surface area (Å²) in [6.07, 6.45) is 8.32. The van der Waals surface area contributed by atoms with E-state index in [0.717, 1.165) is 19.3 Å². The summed E-state index contributed by atoms with van der Waals surface area (Å²) < 4.78 is 0. The highest BCUT2D eigenvalue weighted by atomic mass is 16.3. The van der Waals surface area contributed by atoms with Crippen LogP contribution in [-0.4, -0.2) is 23.3 Å². The summed E-state index contributed by atoms with van der Waals surface area (Å²) in [4.78, 5) is 0. The third-order valence-electron chi connectivity index (χ3n) is 2.25. The van der Waals surface area contributed by atoms with Gasteiger partial charge in [0.25, 0.3) is 0 Å². The second kappa shape index (κ2) is 3.25. The zero-order valence-corrected chi connectivity index (χ0v) is 6.93. The fourth-order valence-electron chi connectivity index (χ4n) is 1.13. The predicted molar refractivity (Wildman–Crippen MR) is 45.1 cm³/mol. The minimum Gasteiger partial charge on any atom is -0.394 e. The van der Waals surface area contributed by atoms with E-state index in [9.17, 15) is 0 Å². The van der Waals surface area contributed by atoms with Crippen molar-refractivity contribution >= 4 is 0 Å². The molecule has 62 valence electrons. The van der Waals surface area contributed by atoms with Gasteiger partial charge in [-0.25, -0.2) is 0 Å². The Kier molecular flexibility index (Phi) is 2.53. The van der Waals surface area contributed by atoms with Crippen molar-refractivity contribution in [1.29, 1.82) is 0 Å². The molecule has 0 aromatic carbocycles. The Morgan fingerprint density at radius 1 is 1.73 bits per heavy atom. The Balaban J connectivity index is 2.35. The standard InChI is InChI=1S/C9H15NO/c1-3-8(4-2)10-9(7-11)5-6-9/h1,8,10-11H,4-7H2,2H3. The van der Waals surface area contributed by atoms with Crippen molar-refractivity contribution < 1.29 is 5.11 Å². The Morgan fingerprint density at radius 2 is 2.36 bits per heavy atom. The van der Waals surface area contributed by atoms with E-state index in [4.69, 9.17) is 11.5 Å². The lowest BCUT2D eigenvalue weighted by atomic mass is 10.2. The largest absolute Gasteiger partial charge is 0.394 e. The highest BCUT2D eigenvalue weighted by Gasteiger charge is 2.42. The van der Waals surface area contributed by atoms with Gasteiger partial charge in [0, 0.05) is 5.54 Å². The first kappa shape index (κ1) is 8.58. The topological polar surface area (TPSA) is 32.3 Å². The monoisotopic (exact) mass is 153 g/mol. The molecule has 1 atom stereocenters. The van der Waals surface area contributed by atoms with Crippen LogP contribution in [0.25, 0.3) is 0 Å². The molecule has 0 spiro atoms. The molecule has 0 aliphatic heterocycles. The van der Waals surface area contributed by atoms with Gasteiger partial charge < -0.3 is 5.11 Å². The molecular formula is C9H15NO. The molecule has 1 aliphatic carbocycles. The minimum absolute atomic E-state index is 0.0208. The van der Waals surface area contributed by atoms with Crippen molar-refractivity contribution in [1.82, 2.24) is 5.32 Å². The van der Waals surface area contributed by atoms with Crippen LogP contribution in [0.4, 0.5) is 0 Å². The Morgan fingerprint density at radius 3 is 2.64 bits per heavy atom. The molecule has 1 fully saturated rings. The number of aliphatic hydroxyl groups excluding tert-OH is 1. The number of aliphatic hydroxyl groups is 1. The first-order valence-electron chi connectivity index (χ1n) is 4.11. The van der Waals surface area contributed by atoms with Crippen molar-refractivity contribution in [2.75, 3.05) is 6.61 Å². The molecule has 1 unspecified atom stereocenters. The molecule has 0 saturated heterocycles. The van der Waals surface area contributed by atoms with Crippen LogP contribution in [0.15, 0.2) is 0 Å². The Bertz CT molecular complexity index is 167. The van der Waals surface area contributed by atoms with Crippen molar-refractivity contribution in [3.8, 4) is 12.3 Å². The van der Waals surface area contributed by atoms with Crippen LogP contribution in [0.1, 0.15) is 26.2 Å². The van der Waals surface area contributed by atoms with Crippen LogP contribution < -0.4 is 5.32 Å². The van der Waals surface area contributed by atoms with Gasteiger partial charge in [0.05, 0.1) is 12.6 Å². The molecule has 11 heavy (non-hydrogen) atoms. The number of hydrogen-bond acceptors (Lipinski definition) is 2. The van der Waals surface area contributed by atoms with E-state index in [1.165, 1.54) is 0 Å². The van der Waals surface area contributed by atoms with Crippen molar-refractivity contribution in [2.45, 2.75) is 37.8 Å². The van der Waals surface area contributed by atoms with E-state index in [1.54, 1.807) is 0 Å². The molecule has 0 bridgehead atoms. The molecule has 1 rings (SSSR count). The van der Waals surface area contributed by atoms with E-state index in [-0.39, 0.29) is 18.2 Å². The normalized spacial score (nSPS) is 22.3. The van der Waals surface area contributed by atoms with Gasteiger partial charge in [0.15, 0.2) is 0 Å². The predicted octanol–water partition coefficient (Wildman–Crippen LogP) is 0.513. The SMILES string of the molecule is C#CC(CC)NC1(CO)CC1. The van der Waals surface area contributed by atoms with Gasteiger partial charge in [-0.05, 0) is 19.3 Å². The highest BCUT2D eigenvalue weighted by Crippen LogP contribution is 2.35. The second-order valence-electron chi connectivity index (χ2n) is 3.21. The van der Waals surface area contributed by atoms with E-state index >= 15 is 0 Å². The van der Waals surface area contributed by atoms with Gasteiger partial charge in [0.1, 0.15) is 0 Å². The number of terminal acetylenes is 1. The van der Waals surface area contributed by atoms with Crippen molar-refractivity contribution in [2.24, 2.45) is 0 Å². The first-order valence-corrected chi connectivity index (χ1v) is 4.11. The van der Waals surface area contributed by atoms with Crippen LogP contribution in [0.3, 0.4) is 0 Å². The molecule has 0 aromatic rings. The van der Waals surface area contributed by atoms with Gasteiger partial charge >= 0.3 is 0 Å². The fraction of sp³-hybridized carbons (Fsp3) is 0.778. The second-order valence-corrected chi connectivity index (χ2v) is 3.21. The lowest BCUT2D eigenvalue weighted by Crippen LogP contribution is -2.41. The molecule has 2 heteroatoms. The van der Waals surface area contributed by atoms with E-state index < -0.39 is 0 Å². The summed E-state index contributed by atoms with van der Waals surface area (Å²) in [5.74, 6) is 2.66. The average Bonchev–Trinajstić information content (AvgIpc) is 2.81. The smallest absolute Gasteiger partial charge is 0.0689 e.